The van der Waals surface area contributed by atoms with Crippen molar-refractivity contribution >= 4 is 11.6 Å². The number of aryl methyl sites for hydroxylation is 1. The van der Waals surface area contributed by atoms with E-state index in [1.165, 1.54) is 0 Å². The number of likely N-dealkylation sites (N-methyl/N-ethyl adjacent to an activating group) is 1. The van der Waals surface area contributed by atoms with Gasteiger partial charge in [0.15, 0.2) is 0 Å². The first-order chi connectivity index (χ1) is 12.3. The van der Waals surface area contributed by atoms with Crippen molar-refractivity contribution in [3.8, 4) is 6.07 Å². The van der Waals surface area contributed by atoms with Crippen molar-refractivity contribution in [2.45, 2.75) is 39.2 Å². The first-order valence-electron chi connectivity index (χ1n) is 8.86. The van der Waals surface area contributed by atoms with Crippen LogP contribution < -0.4 is 5.32 Å². The number of benzene rings is 1. The molecule has 0 unspecified atom stereocenters. The maximum Gasteiger partial charge on any atom is 0.255 e. The van der Waals surface area contributed by atoms with Gasteiger partial charge in [-0.15, -0.1) is 0 Å². The van der Waals surface area contributed by atoms with Gasteiger partial charge in [-0.25, -0.2) is 0 Å². The minimum Gasteiger partial charge on any atom is -0.321 e. The first-order valence-corrected chi connectivity index (χ1v) is 8.86. The highest BCUT2D eigenvalue weighted by Gasteiger charge is 2.31. The van der Waals surface area contributed by atoms with Crippen LogP contribution >= 0.6 is 0 Å². The lowest BCUT2D eigenvalue weighted by atomic mass is 9.82. The molecule has 26 heavy (non-hydrogen) atoms. The normalized spacial score (nSPS) is 15.8. The molecule has 5 heteroatoms. The van der Waals surface area contributed by atoms with Crippen LogP contribution in [0.4, 0.5) is 5.69 Å². The molecule has 2 heterocycles. The van der Waals surface area contributed by atoms with Gasteiger partial charge in [0.05, 0.1) is 29.2 Å². The second-order valence-corrected chi connectivity index (χ2v) is 7.58. The number of fused-ring (bicyclic) bond motifs is 1. The zero-order valence-electron chi connectivity index (χ0n) is 15.8. The average Bonchev–Trinajstić information content (AvgIpc) is 2.59. The van der Waals surface area contributed by atoms with Crippen LogP contribution in [-0.2, 0) is 18.4 Å². The van der Waals surface area contributed by atoms with Gasteiger partial charge < -0.3 is 10.2 Å². The van der Waals surface area contributed by atoms with Crippen LogP contribution in [0.1, 0.15) is 53.5 Å². The lowest BCUT2D eigenvalue weighted by Crippen LogP contribution is -2.40. The Morgan fingerprint density at radius 3 is 2.85 bits per heavy atom. The van der Waals surface area contributed by atoms with Crippen LogP contribution in [0.2, 0.25) is 0 Å². The Hall–Kier alpha value is -2.71. The number of carbonyl (C=O) groups excluding carboxylic acids is 1. The number of amides is 1. The fraction of sp³-hybridized carbons (Fsp3) is 0.381. The van der Waals surface area contributed by atoms with E-state index in [1.54, 1.807) is 18.3 Å². The number of aromatic nitrogens is 1. The smallest absolute Gasteiger partial charge is 0.255 e. The molecule has 0 saturated carbocycles. The van der Waals surface area contributed by atoms with Crippen LogP contribution in [0.15, 0.2) is 30.5 Å². The number of nitrogens with one attached hydrogen (secondary N) is 1. The highest BCUT2D eigenvalue weighted by Crippen LogP contribution is 2.32. The van der Waals surface area contributed by atoms with E-state index in [-0.39, 0.29) is 11.3 Å². The van der Waals surface area contributed by atoms with E-state index in [1.807, 2.05) is 19.1 Å². The Balaban J connectivity index is 1.85. The van der Waals surface area contributed by atoms with E-state index in [4.69, 9.17) is 0 Å². The summed E-state index contributed by atoms with van der Waals surface area (Å²) in [5, 5.41) is 12.2. The van der Waals surface area contributed by atoms with E-state index in [0.29, 0.717) is 16.8 Å². The van der Waals surface area contributed by atoms with E-state index < -0.39 is 0 Å². The molecular formula is C21H24N4O. The van der Waals surface area contributed by atoms with Gasteiger partial charge in [0.2, 0.25) is 0 Å². The number of hydrogen-bond donors (Lipinski definition) is 1. The lowest BCUT2D eigenvalue weighted by Gasteiger charge is -2.37. The highest BCUT2D eigenvalue weighted by molar-refractivity contribution is 6.04. The summed E-state index contributed by atoms with van der Waals surface area (Å²) in [5.74, 6) is -0.227. The molecule has 1 aliphatic rings. The average molecular weight is 348 g/mol. The standard InChI is InChI=1S/C21H24N4O/c1-5-14-6-7-15(8-16(14)10-22)20(26)24-18-9-17-12-25(4)13-21(2,3)19(17)23-11-18/h6-9,11H,5,12-13H2,1-4H3,(H,24,26). The molecule has 1 N–H and O–H groups in total. The second-order valence-electron chi connectivity index (χ2n) is 7.58. The number of nitrogens with zero attached hydrogens (tertiary/aromatic N) is 3. The molecule has 0 atom stereocenters. The minimum absolute atomic E-state index is 0.0114. The maximum atomic E-state index is 12.6. The van der Waals surface area contributed by atoms with Gasteiger partial charge in [0, 0.05) is 24.1 Å². The van der Waals surface area contributed by atoms with Crippen LogP contribution in [0.5, 0.6) is 0 Å². The van der Waals surface area contributed by atoms with E-state index in [9.17, 15) is 10.1 Å². The van der Waals surface area contributed by atoms with Gasteiger partial charge in [-0.05, 0) is 42.8 Å². The fourth-order valence-electron chi connectivity index (χ4n) is 3.74. The summed E-state index contributed by atoms with van der Waals surface area (Å²) in [4.78, 5) is 19.5. The maximum absolute atomic E-state index is 12.6. The number of rotatable bonds is 3. The van der Waals surface area contributed by atoms with Crippen LogP contribution in [0, 0.1) is 11.3 Å². The molecule has 5 nitrogen and oxygen atoms in total. The molecule has 0 fully saturated rings. The Morgan fingerprint density at radius 2 is 2.15 bits per heavy atom. The molecule has 1 amide bonds. The number of hydrogen-bond acceptors (Lipinski definition) is 4. The molecule has 2 aromatic rings. The van der Waals surface area contributed by atoms with Gasteiger partial charge in [0.1, 0.15) is 0 Å². The SMILES string of the molecule is CCc1ccc(C(=O)Nc2cnc3c(c2)CN(C)CC3(C)C)cc1C#N. The van der Waals surface area contributed by atoms with Crippen molar-refractivity contribution in [3.05, 3.63) is 58.4 Å². The van der Waals surface area contributed by atoms with Crippen molar-refractivity contribution in [2.24, 2.45) is 0 Å². The molecule has 1 aromatic carbocycles. The zero-order chi connectivity index (χ0) is 18.9. The third kappa shape index (κ3) is 3.47. The van der Waals surface area contributed by atoms with Gasteiger partial charge in [-0.3, -0.25) is 9.78 Å². The van der Waals surface area contributed by atoms with Crippen molar-refractivity contribution < 1.29 is 4.79 Å². The predicted molar refractivity (Wildman–Crippen MR) is 102 cm³/mol. The van der Waals surface area contributed by atoms with E-state index >= 15 is 0 Å². The Kier molecular flexibility index (Phi) is 4.80. The Morgan fingerprint density at radius 1 is 1.38 bits per heavy atom. The van der Waals surface area contributed by atoms with Crippen LogP contribution in [0.25, 0.3) is 0 Å². The van der Waals surface area contributed by atoms with Crippen molar-refractivity contribution in [1.82, 2.24) is 9.88 Å². The Labute approximate surface area is 154 Å². The summed E-state index contributed by atoms with van der Waals surface area (Å²) in [6, 6.07) is 9.42. The summed E-state index contributed by atoms with van der Waals surface area (Å²) < 4.78 is 0. The monoisotopic (exact) mass is 348 g/mol. The number of carbonyl (C=O) groups is 1. The van der Waals surface area contributed by atoms with Gasteiger partial charge in [0.25, 0.3) is 5.91 Å². The molecule has 3 rings (SSSR count). The van der Waals surface area contributed by atoms with Crippen LogP contribution in [-0.4, -0.2) is 29.4 Å². The second kappa shape index (κ2) is 6.89. The van der Waals surface area contributed by atoms with Crippen molar-refractivity contribution in [3.63, 3.8) is 0 Å². The molecule has 1 aliphatic heterocycles. The predicted octanol–water partition coefficient (Wildman–Crippen LogP) is 3.49. The Bertz CT molecular complexity index is 895. The highest BCUT2D eigenvalue weighted by atomic mass is 16.1. The van der Waals surface area contributed by atoms with E-state index in [2.05, 4.69) is 42.2 Å². The summed E-state index contributed by atoms with van der Waals surface area (Å²) in [7, 11) is 2.09. The molecule has 0 aliphatic carbocycles. The van der Waals surface area contributed by atoms with Crippen molar-refractivity contribution in [1.29, 1.82) is 5.26 Å². The molecule has 0 radical (unpaired) electrons. The topological polar surface area (TPSA) is 69.0 Å². The fourth-order valence-corrected chi connectivity index (χ4v) is 3.74. The lowest BCUT2D eigenvalue weighted by molar-refractivity contribution is 0.102. The van der Waals surface area contributed by atoms with Gasteiger partial charge in [-0.2, -0.15) is 5.26 Å². The number of anilines is 1. The molecule has 1 aromatic heterocycles. The summed E-state index contributed by atoms with van der Waals surface area (Å²) >= 11 is 0. The largest absolute Gasteiger partial charge is 0.321 e. The van der Waals surface area contributed by atoms with Crippen LogP contribution in [0.3, 0.4) is 0 Å². The first kappa shape index (κ1) is 18.1. The van der Waals surface area contributed by atoms with E-state index in [0.717, 1.165) is 36.3 Å². The molecule has 0 saturated heterocycles. The third-order valence-corrected chi connectivity index (χ3v) is 4.84. The number of pyridine rings is 1. The molecule has 0 spiro atoms. The molecule has 134 valence electrons. The summed E-state index contributed by atoms with van der Waals surface area (Å²) in [6.07, 6.45) is 2.48. The quantitative estimate of drug-likeness (QED) is 0.922. The van der Waals surface area contributed by atoms with Gasteiger partial charge >= 0.3 is 0 Å². The molecule has 0 bridgehead atoms. The summed E-state index contributed by atoms with van der Waals surface area (Å²) in [6.45, 7) is 8.14. The summed E-state index contributed by atoms with van der Waals surface area (Å²) in [5.41, 5.74) is 4.87. The van der Waals surface area contributed by atoms with Crippen molar-refractivity contribution in [2.75, 3.05) is 18.9 Å². The minimum atomic E-state index is -0.227. The van der Waals surface area contributed by atoms with Gasteiger partial charge in [-0.1, -0.05) is 26.8 Å². The number of nitriles is 1. The third-order valence-electron chi connectivity index (χ3n) is 4.84. The zero-order valence-corrected chi connectivity index (χ0v) is 15.8. The molecular weight excluding hydrogens is 324 g/mol.